The van der Waals surface area contributed by atoms with Crippen molar-refractivity contribution in [1.82, 2.24) is 9.97 Å². The molecule has 172 valence electrons. The molecule has 5 rings (SSSR count). The van der Waals surface area contributed by atoms with Crippen LogP contribution in [-0.4, -0.2) is 42.2 Å². The predicted molar refractivity (Wildman–Crippen MR) is 132 cm³/mol. The van der Waals surface area contributed by atoms with Crippen molar-refractivity contribution < 1.29 is 13.9 Å². The lowest BCUT2D eigenvalue weighted by atomic mass is 10.2. The van der Waals surface area contributed by atoms with E-state index in [0.717, 1.165) is 41.9 Å². The summed E-state index contributed by atoms with van der Waals surface area (Å²) in [5, 5.41) is 6.90. The molecule has 1 saturated heterocycles. The monoisotopic (exact) mass is 473 g/mol. The zero-order valence-electron chi connectivity index (χ0n) is 18.3. The van der Waals surface area contributed by atoms with Crippen molar-refractivity contribution >= 4 is 40.7 Å². The third kappa shape index (κ3) is 5.56. The molecule has 1 amide bonds. The standard InChI is InChI=1S/C25H23N5O3S/c31-24(22-5-2-14-33-22)27-19-3-1-4-21(17-19)34-23-10-11-26-25(29-23)28-18-6-8-20(9-7-18)30-12-15-32-16-13-30/h1-11,14,17H,12-13,15-16H2,(H,27,31)(H,26,28,29). The summed E-state index contributed by atoms with van der Waals surface area (Å²) in [5.74, 6) is 0.495. The number of furan rings is 1. The smallest absolute Gasteiger partial charge is 0.291 e. The summed E-state index contributed by atoms with van der Waals surface area (Å²) in [7, 11) is 0. The van der Waals surface area contributed by atoms with Crippen molar-refractivity contribution in [2.24, 2.45) is 0 Å². The van der Waals surface area contributed by atoms with E-state index < -0.39 is 0 Å². The summed E-state index contributed by atoms with van der Waals surface area (Å²) >= 11 is 1.49. The van der Waals surface area contributed by atoms with E-state index in [1.165, 1.54) is 23.7 Å². The molecule has 0 radical (unpaired) electrons. The molecule has 0 saturated carbocycles. The second-order valence-electron chi connectivity index (χ2n) is 7.55. The Balaban J connectivity index is 1.22. The van der Waals surface area contributed by atoms with Crippen molar-refractivity contribution in [2.75, 3.05) is 41.8 Å². The molecule has 4 aromatic rings. The SMILES string of the molecule is O=C(Nc1cccc(Sc2ccnc(Nc3ccc(N4CCOCC4)cc3)n2)c1)c1ccco1. The number of amides is 1. The summed E-state index contributed by atoms with van der Waals surface area (Å²) in [6.07, 6.45) is 3.20. The highest BCUT2D eigenvalue weighted by atomic mass is 32.2. The molecule has 0 bridgehead atoms. The molecule has 0 unspecified atom stereocenters. The van der Waals surface area contributed by atoms with E-state index in [0.29, 0.717) is 11.6 Å². The topological polar surface area (TPSA) is 92.5 Å². The zero-order valence-corrected chi connectivity index (χ0v) is 19.1. The van der Waals surface area contributed by atoms with Gasteiger partial charge in [-0.2, -0.15) is 0 Å². The maximum Gasteiger partial charge on any atom is 0.291 e. The van der Waals surface area contributed by atoms with Crippen molar-refractivity contribution in [1.29, 1.82) is 0 Å². The van der Waals surface area contributed by atoms with Gasteiger partial charge in [-0.15, -0.1) is 0 Å². The van der Waals surface area contributed by atoms with Crippen LogP contribution >= 0.6 is 11.8 Å². The van der Waals surface area contributed by atoms with Gasteiger partial charge in [0, 0.05) is 41.2 Å². The minimum absolute atomic E-state index is 0.266. The quantitative estimate of drug-likeness (QED) is 0.360. The Kier molecular flexibility index (Phi) is 6.73. The summed E-state index contributed by atoms with van der Waals surface area (Å²) in [6, 6.07) is 21.0. The van der Waals surface area contributed by atoms with Gasteiger partial charge in [-0.1, -0.05) is 17.8 Å². The van der Waals surface area contributed by atoms with Gasteiger partial charge in [0.05, 0.1) is 19.5 Å². The van der Waals surface area contributed by atoms with E-state index in [4.69, 9.17) is 9.15 Å². The van der Waals surface area contributed by atoms with E-state index >= 15 is 0 Å². The average molecular weight is 474 g/mol. The molecule has 2 aromatic carbocycles. The molecular weight excluding hydrogens is 450 g/mol. The first-order chi connectivity index (χ1) is 16.7. The number of rotatable bonds is 7. The molecule has 9 heteroatoms. The van der Waals surface area contributed by atoms with Gasteiger partial charge < -0.3 is 24.7 Å². The fraction of sp³-hybridized carbons (Fsp3) is 0.160. The Bertz CT molecular complexity index is 1240. The maximum atomic E-state index is 12.2. The second-order valence-corrected chi connectivity index (χ2v) is 8.64. The first-order valence-electron chi connectivity index (χ1n) is 10.9. The number of ether oxygens (including phenoxy) is 1. The fourth-order valence-corrected chi connectivity index (χ4v) is 4.36. The zero-order chi connectivity index (χ0) is 23.2. The number of nitrogens with zero attached hydrogens (tertiary/aromatic N) is 3. The molecule has 0 spiro atoms. The predicted octanol–water partition coefficient (Wildman–Crippen LogP) is 5.05. The number of hydrogen-bond acceptors (Lipinski definition) is 8. The minimum Gasteiger partial charge on any atom is -0.459 e. The number of nitrogens with one attached hydrogen (secondary N) is 2. The van der Waals surface area contributed by atoms with Crippen LogP contribution in [-0.2, 0) is 4.74 Å². The van der Waals surface area contributed by atoms with Crippen LogP contribution in [0.3, 0.4) is 0 Å². The summed E-state index contributed by atoms with van der Waals surface area (Å²) in [4.78, 5) is 24.4. The van der Waals surface area contributed by atoms with Crippen LogP contribution in [0.2, 0.25) is 0 Å². The van der Waals surface area contributed by atoms with Gasteiger partial charge in [-0.25, -0.2) is 9.97 Å². The van der Waals surface area contributed by atoms with Crippen LogP contribution < -0.4 is 15.5 Å². The van der Waals surface area contributed by atoms with Crippen LogP contribution in [0.15, 0.2) is 93.5 Å². The van der Waals surface area contributed by atoms with Crippen LogP contribution in [0.1, 0.15) is 10.6 Å². The highest BCUT2D eigenvalue weighted by Gasteiger charge is 2.12. The molecule has 0 aliphatic carbocycles. The van der Waals surface area contributed by atoms with E-state index in [2.05, 4.69) is 37.6 Å². The Morgan fingerprint density at radius 1 is 0.971 bits per heavy atom. The van der Waals surface area contributed by atoms with E-state index in [9.17, 15) is 4.79 Å². The first-order valence-corrected chi connectivity index (χ1v) is 11.7. The third-order valence-electron chi connectivity index (χ3n) is 5.19. The minimum atomic E-state index is -0.291. The van der Waals surface area contributed by atoms with Gasteiger partial charge in [0.25, 0.3) is 5.91 Å². The van der Waals surface area contributed by atoms with Crippen molar-refractivity contribution in [3.8, 4) is 0 Å². The van der Waals surface area contributed by atoms with Gasteiger partial charge in [-0.05, 0) is 60.7 Å². The number of morpholine rings is 1. The molecule has 0 atom stereocenters. The molecule has 2 N–H and O–H groups in total. The Morgan fingerprint density at radius 3 is 2.62 bits per heavy atom. The molecule has 1 fully saturated rings. The molecule has 2 aromatic heterocycles. The number of hydrogen-bond donors (Lipinski definition) is 2. The third-order valence-corrected chi connectivity index (χ3v) is 6.12. The van der Waals surface area contributed by atoms with Crippen LogP contribution in [0, 0.1) is 0 Å². The Hall–Kier alpha value is -3.82. The fourth-order valence-electron chi connectivity index (χ4n) is 3.52. The van der Waals surface area contributed by atoms with Crippen LogP contribution in [0.4, 0.5) is 23.0 Å². The van der Waals surface area contributed by atoms with Crippen molar-refractivity contribution in [3.63, 3.8) is 0 Å². The van der Waals surface area contributed by atoms with Gasteiger partial charge >= 0.3 is 0 Å². The van der Waals surface area contributed by atoms with E-state index in [1.54, 1.807) is 18.3 Å². The summed E-state index contributed by atoms with van der Waals surface area (Å²) in [5.41, 5.74) is 2.78. The molecule has 1 aliphatic heterocycles. The number of benzene rings is 2. The van der Waals surface area contributed by atoms with Gasteiger partial charge in [0.15, 0.2) is 5.76 Å². The van der Waals surface area contributed by atoms with Crippen LogP contribution in [0.25, 0.3) is 0 Å². The summed E-state index contributed by atoms with van der Waals surface area (Å²) in [6.45, 7) is 3.33. The van der Waals surface area contributed by atoms with Crippen LogP contribution in [0.5, 0.6) is 0 Å². The maximum absolute atomic E-state index is 12.2. The molecule has 3 heterocycles. The number of aromatic nitrogens is 2. The molecule has 34 heavy (non-hydrogen) atoms. The second kappa shape index (κ2) is 10.4. The lowest BCUT2D eigenvalue weighted by Gasteiger charge is -2.28. The Labute approximate surface area is 201 Å². The van der Waals surface area contributed by atoms with Gasteiger partial charge in [0.1, 0.15) is 5.03 Å². The molecular formula is C25H23N5O3S. The Morgan fingerprint density at radius 2 is 1.82 bits per heavy atom. The number of anilines is 4. The largest absolute Gasteiger partial charge is 0.459 e. The lowest BCUT2D eigenvalue weighted by Crippen LogP contribution is -2.36. The van der Waals surface area contributed by atoms with E-state index in [1.807, 2.05) is 42.5 Å². The number of carbonyl (C=O) groups is 1. The van der Waals surface area contributed by atoms with Gasteiger partial charge in [0.2, 0.25) is 5.95 Å². The molecule has 8 nitrogen and oxygen atoms in total. The normalized spacial score (nSPS) is 13.5. The van der Waals surface area contributed by atoms with Crippen molar-refractivity contribution in [2.45, 2.75) is 9.92 Å². The highest BCUT2D eigenvalue weighted by Crippen LogP contribution is 2.29. The average Bonchev–Trinajstić information content (AvgIpc) is 3.41. The van der Waals surface area contributed by atoms with Crippen molar-refractivity contribution in [3.05, 3.63) is 85.0 Å². The summed E-state index contributed by atoms with van der Waals surface area (Å²) < 4.78 is 10.6. The highest BCUT2D eigenvalue weighted by molar-refractivity contribution is 7.99. The lowest BCUT2D eigenvalue weighted by molar-refractivity contribution is 0.0996. The number of carbonyl (C=O) groups excluding carboxylic acids is 1. The van der Waals surface area contributed by atoms with E-state index in [-0.39, 0.29) is 11.7 Å². The molecule has 1 aliphatic rings. The van der Waals surface area contributed by atoms with Gasteiger partial charge in [-0.3, -0.25) is 4.79 Å². The first kappa shape index (κ1) is 22.0.